The highest BCUT2D eigenvalue weighted by atomic mass is 16.5. The zero-order valence-corrected chi connectivity index (χ0v) is 12.2. The van der Waals surface area contributed by atoms with Crippen LogP contribution in [0.2, 0.25) is 0 Å². The SMILES string of the molecule is CCc1nc2cc(C(=O)O)ccc2n1C(CCO)COC. The first-order chi connectivity index (χ1) is 10.1. The highest BCUT2D eigenvalue weighted by Crippen LogP contribution is 2.25. The van der Waals surface area contributed by atoms with Crippen molar-refractivity contribution in [3.8, 4) is 0 Å². The Morgan fingerprint density at radius 2 is 2.24 bits per heavy atom. The van der Waals surface area contributed by atoms with E-state index >= 15 is 0 Å². The minimum Gasteiger partial charge on any atom is -0.478 e. The molecule has 0 aliphatic rings. The van der Waals surface area contributed by atoms with E-state index in [1.54, 1.807) is 25.3 Å². The molecule has 2 rings (SSSR count). The fraction of sp³-hybridized carbons (Fsp3) is 0.467. The summed E-state index contributed by atoms with van der Waals surface area (Å²) in [6, 6.07) is 4.90. The van der Waals surface area contributed by atoms with Gasteiger partial charge in [-0.3, -0.25) is 0 Å². The number of ether oxygens (including phenoxy) is 1. The maximum absolute atomic E-state index is 11.1. The summed E-state index contributed by atoms with van der Waals surface area (Å²) in [6.45, 7) is 2.53. The Labute approximate surface area is 123 Å². The number of methoxy groups -OCH3 is 1. The number of imidazole rings is 1. The van der Waals surface area contributed by atoms with E-state index in [0.29, 0.717) is 18.5 Å². The molecule has 0 aliphatic carbocycles. The van der Waals surface area contributed by atoms with Crippen molar-refractivity contribution in [1.82, 2.24) is 9.55 Å². The van der Waals surface area contributed by atoms with Crippen LogP contribution in [0, 0.1) is 0 Å². The average Bonchev–Trinajstić information content (AvgIpc) is 2.84. The zero-order valence-electron chi connectivity index (χ0n) is 12.2. The summed E-state index contributed by atoms with van der Waals surface area (Å²) in [7, 11) is 1.62. The van der Waals surface area contributed by atoms with Crippen LogP contribution in [0.5, 0.6) is 0 Å². The molecular formula is C15H20N2O4. The van der Waals surface area contributed by atoms with Crippen molar-refractivity contribution in [1.29, 1.82) is 0 Å². The van der Waals surface area contributed by atoms with Crippen molar-refractivity contribution in [3.05, 3.63) is 29.6 Å². The van der Waals surface area contributed by atoms with Crippen LogP contribution in [0.1, 0.15) is 35.6 Å². The van der Waals surface area contributed by atoms with Crippen LogP contribution >= 0.6 is 0 Å². The molecule has 0 bridgehead atoms. The largest absolute Gasteiger partial charge is 0.478 e. The Balaban J connectivity index is 2.57. The third kappa shape index (κ3) is 3.06. The lowest BCUT2D eigenvalue weighted by Gasteiger charge is -2.20. The van der Waals surface area contributed by atoms with Gasteiger partial charge in [-0.25, -0.2) is 9.78 Å². The first kappa shape index (κ1) is 15.5. The van der Waals surface area contributed by atoms with Crippen molar-refractivity contribution in [3.63, 3.8) is 0 Å². The molecular weight excluding hydrogens is 272 g/mol. The van der Waals surface area contributed by atoms with E-state index in [0.717, 1.165) is 17.8 Å². The van der Waals surface area contributed by atoms with E-state index in [-0.39, 0.29) is 18.2 Å². The molecule has 0 spiro atoms. The number of aromatic nitrogens is 2. The molecule has 2 N–H and O–H groups in total. The molecule has 21 heavy (non-hydrogen) atoms. The molecule has 0 fully saturated rings. The predicted molar refractivity (Wildman–Crippen MR) is 78.7 cm³/mol. The van der Waals surface area contributed by atoms with Gasteiger partial charge in [0.25, 0.3) is 0 Å². The predicted octanol–water partition coefficient (Wildman–Crippen LogP) is 1.87. The van der Waals surface area contributed by atoms with Gasteiger partial charge in [0.15, 0.2) is 0 Å². The Morgan fingerprint density at radius 1 is 1.48 bits per heavy atom. The number of aliphatic hydroxyl groups is 1. The van der Waals surface area contributed by atoms with Gasteiger partial charge >= 0.3 is 5.97 Å². The second kappa shape index (κ2) is 6.69. The Kier molecular flexibility index (Phi) is 4.93. The molecule has 1 aromatic carbocycles. The van der Waals surface area contributed by atoms with Crippen LogP contribution in [-0.4, -0.2) is 46.1 Å². The number of carboxylic acids is 1. The van der Waals surface area contributed by atoms with Crippen LogP contribution in [0.4, 0.5) is 0 Å². The summed E-state index contributed by atoms with van der Waals surface area (Å²) in [4.78, 5) is 15.6. The molecule has 0 aliphatic heterocycles. The molecule has 0 saturated heterocycles. The quantitative estimate of drug-likeness (QED) is 0.813. The summed E-state index contributed by atoms with van der Waals surface area (Å²) < 4.78 is 7.28. The monoisotopic (exact) mass is 292 g/mol. The minimum absolute atomic E-state index is 0.0179. The molecule has 1 heterocycles. The molecule has 2 aromatic rings. The van der Waals surface area contributed by atoms with Gasteiger partial charge in [0, 0.05) is 20.1 Å². The van der Waals surface area contributed by atoms with E-state index in [1.807, 2.05) is 11.5 Å². The first-order valence-corrected chi connectivity index (χ1v) is 6.96. The second-order valence-corrected chi connectivity index (χ2v) is 4.88. The van der Waals surface area contributed by atoms with Crippen molar-refractivity contribution < 1.29 is 19.7 Å². The fourth-order valence-electron chi connectivity index (χ4n) is 2.57. The van der Waals surface area contributed by atoms with Crippen molar-refractivity contribution in [2.24, 2.45) is 0 Å². The second-order valence-electron chi connectivity index (χ2n) is 4.88. The number of nitrogens with zero attached hydrogens (tertiary/aromatic N) is 2. The topological polar surface area (TPSA) is 84.6 Å². The van der Waals surface area contributed by atoms with Gasteiger partial charge < -0.3 is 19.5 Å². The Morgan fingerprint density at radius 3 is 2.81 bits per heavy atom. The molecule has 6 nitrogen and oxygen atoms in total. The number of fused-ring (bicyclic) bond motifs is 1. The highest BCUT2D eigenvalue weighted by molar-refractivity contribution is 5.92. The van der Waals surface area contributed by atoms with Crippen LogP contribution in [0.15, 0.2) is 18.2 Å². The molecule has 0 radical (unpaired) electrons. The third-order valence-corrected chi connectivity index (χ3v) is 3.51. The van der Waals surface area contributed by atoms with Crippen molar-refractivity contribution >= 4 is 17.0 Å². The number of aliphatic hydroxyl groups excluding tert-OH is 1. The maximum Gasteiger partial charge on any atom is 0.335 e. The summed E-state index contributed by atoms with van der Waals surface area (Å²) in [5, 5.41) is 18.3. The number of hydrogen-bond donors (Lipinski definition) is 2. The van der Waals surface area contributed by atoms with Gasteiger partial charge in [-0.05, 0) is 24.6 Å². The van der Waals surface area contributed by atoms with Gasteiger partial charge in [0.05, 0.1) is 29.2 Å². The van der Waals surface area contributed by atoms with Crippen LogP contribution in [0.25, 0.3) is 11.0 Å². The lowest BCUT2D eigenvalue weighted by molar-refractivity contribution is 0.0697. The number of carboxylic acid groups (broad SMARTS) is 1. The standard InChI is InChI=1S/C15H20N2O4/c1-3-14-16-12-8-10(15(19)20)4-5-13(12)17(14)11(6-7-18)9-21-2/h4-5,8,11,18H,3,6-7,9H2,1-2H3,(H,19,20). The smallest absolute Gasteiger partial charge is 0.335 e. The number of carbonyl (C=O) groups is 1. The summed E-state index contributed by atoms with van der Waals surface area (Å²) in [6.07, 6.45) is 1.29. The molecule has 1 unspecified atom stereocenters. The number of benzene rings is 1. The Hall–Kier alpha value is -1.92. The van der Waals surface area contributed by atoms with E-state index in [4.69, 9.17) is 9.84 Å². The van der Waals surface area contributed by atoms with E-state index in [1.165, 1.54) is 0 Å². The lowest BCUT2D eigenvalue weighted by atomic mass is 10.1. The van der Waals surface area contributed by atoms with Crippen LogP contribution in [0.3, 0.4) is 0 Å². The number of hydrogen-bond acceptors (Lipinski definition) is 4. The van der Waals surface area contributed by atoms with E-state index < -0.39 is 5.97 Å². The molecule has 6 heteroatoms. The van der Waals surface area contributed by atoms with Gasteiger partial charge in [0.2, 0.25) is 0 Å². The summed E-state index contributed by atoms with van der Waals surface area (Å²) >= 11 is 0. The normalized spacial score (nSPS) is 12.7. The van der Waals surface area contributed by atoms with Gasteiger partial charge in [-0.15, -0.1) is 0 Å². The van der Waals surface area contributed by atoms with Crippen LogP contribution in [-0.2, 0) is 11.2 Å². The molecule has 1 aromatic heterocycles. The highest BCUT2D eigenvalue weighted by Gasteiger charge is 2.19. The molecule has 1 atom stereocenters. The van der Waals surface area contributed by atoms with Crippen LogP contribution < -0.4 is 0 Å². The summed E-state index contributed by atoms with van der Waals surface area (Å²) in [5.41, 5.74) is 1.75. The minimum atomic E-state index is -0.965. The fourth-order valence-corrected chi connectivity index (χ4v) is 2.57. The van der Waals surface area contributed by atoms with Gasteiger partial charge in [-0.2, -0.15) is 0 Å². The average molecular weight is 292 g/mol. The number of aromatic carboxylic acids is 1. The lowest BCUT2D eigenvalue weighted by Crippen LogP contribution is -2.18. The molecule has 114 valence electrons. The number of aryl methyl sites for hydroxylation is 1. The van der Waals surface area contributed by atoms with E-state index in [2.05, 4.69) is 4.98 Å². The number of rotatable bonds is 7. The zero-order chi connectivity index (χ0) is 15.4. The molecule has 0 saturated carbocycles. The van der Waals surface area contributed by atoms with E-state index in [9.17, 15) is 9.90 Å². The molecule has 0 amide bonds. The maximum atomic E-state index is 11.1. The first-order valence-electron chi connectivity index (χ1n) is 6.96. The van der Waals surface area contributed by atoms with Gasteiger partial charge in [0.1, 0.15) is 5.82 Å². The summed E-state index contributed by atoms with van der Waals surface area (Å²) in [5.74, 6) is -0.101. The van der Waals surface area contributed by atoms with Gasteiger partial charge in [-0.1, -0.05) is 6.92 Å². The Bertz CT molecular complexity index is 630. The van der Waals surface area contributed by atoms with Crippen molar-refractivity contribution in [2.75, 3.05) is 20.3 Å². The van der Waals surface area contributed by atoms with Crippen molar-refractivity contribution in [2.45, 2.75) is 25.8 Å². The third-order valence-electron chi connectivity index (χ3n) is 3.51.